The third-order valence-electron chi connectivity index (χ3n) is 4.22. The highest BCUT2D eigenvalue weighted by Gasteiger charge is 2.30. The number of nitrogens with zero attached hydrogens (tertiary/aromatic N) is 3. The van der Waals surface area contributed by atoms with Crippen LogP contribution >= 0.6 is 23.4 Å². The van der Waals surface area contributed by atoms with Gasteiger partial charge in [0.15, 0.2) is 11.0 Å². The van der Waals surface area contributed by atoms with E-state index in [9.17, 15) is 18.0 Å². The van der Waals surface area contributed by atoms with Crippen LogP contribution in [0.2, 0.25) is 5.02 Å². The van der Waals surface area contributed by atoms with Gasteiger partial charge in [0.05, 0.1) is 24.1 Å². The number of thioether (sulfide) groups is 1. The van der Waals surface area contributed by atoms with Crippen LogP contribution in [0.15, 0.2) is 47.6 Å². The fourth-order valence-electron chi connectivity index (χ4n) is 2.60. The Balaban J connectivity index is 1.57. The number of hydrogen-bond acceptors (Lipinski definition) is 6. The molecule has 0 aliphatic carbocycles. The molecule has 7 nitrogen and oxygen atoms in total. The van der Waals surface area contributed by atoms with Crippen molar-refractivity contribution in [1.29, 1.82) is 0 Å². The quantitative estimate of drug-likeness (QED) is 0.461. The highest BCUT2D eigenvalue weighted by molar-refractivity contribution is 7.99. The Morgan fingerprint density at radius 1 is 1.22 bits per heavy atom. The molecule has 0 saturated carbocycles. The second kappa shape index (κ2) is 10.1. The van der Waals surface area contributed by atoms with Gasteiger partial charge in [0, 0.05) is 12.1 Å². The second-order valence-corrected chi connectivity index (χ2v) is 7.83. The Hall–Kier alpha value is -2.92. The number of alkyl halides is 3. The zero-order valence-corrected chi connectivity index (χ0v) is 18.5. The number of carbonyl (C=O) groups is 1. The molecule has 1 amide bonds. The summed E-state index contributed by atoms with van der Waals surface area (Å²) < 4.78 is 50.7. The molecule has 0 bridgehead atoms. The fourth-order valence-corrected chi connectivity index (χ4v) is 3.50. The first-order valence-electron chi connectivity index (χ1n) is 9.12. The van der Waals surface area contributed by atoms with Crippen molar-refractivity contribution >= 4 is 35.0 Å². The summed E-state index contributed by atoms with van der Waals surface area (Å²) in [5.41, 5.74) is -0.356. The number of rotatable bonds is 8. The van der Waals surface area contributed by atoms with E-state index in [1.807, 2.05) is 0 Å². The zero-order valence-electron chi connectivity index (χ0n) is 16.9. The maximum Gasteiger partial charge on any atom is 0.416 e. The number of methoxy groups -OCH3 is 1. The van der Waals surface area contributed by atoms with Gasteiger partial charge < -0.3 is 19.4 Å². The smallest absolute Gasteiger partial charge is 0.416 e. The second-order valence-electron chi connectivity index (χ2n) is 6.45. The molecule has 0 atom stereocenters. The molecule has 1 aromatic heterocycles. The monoisotopic (exact) mass is 486 g/mol. The first-order valence-corrected chi connectivity index (χ1v) is 10.5. The minimum absolute atomic E-state index is 0.0378. The maximum absolute atomic E-state index is 12.8. The molecule has 3 aromatic rings. The summed E-state index contributed by atoms with van der Waals surface area (Å²) >= 11 is 7.10. The van der Waals surface area contributed by atoms with E-state index < -0.39 is 11.7 Å². The normalized spacial score (nSPS) is 11.3. The summed E-state index contributed by atoms with van der Waals surface area (Å²) in [5, 5.41) is 11.6. The Bertz CT molecular complexity index is 1110. The summed E-state index contributed by atoms with van der Waals surface area (Å²) in [7, 11) is 3.15. The molecule has 0 saturated heterocycles. The van der Waals surface area contributed by atoms with Crippen LogP contribution in [0, 0.1) is 0 Å². The standard InChI is InChI=1S/C20H18ClF3N4O3S/c1-28-17(10-31-14-5-3-4-12(8-14)20(22,23)24)26-27-19(28)32-11-18(29)25-15-9-13(21)6-7-16(15)30-2/h3-9H,10-11H2,1-2H3,(H,25,29). The van der Waals surface area contributed by atoms with Crippen LogP contribution in [0.4, 0.5) is 18.9 Å². The maximum atomic E-state index is 12.8. The van der Waals surface area contributed by atoms with Crippen LogP contribution in [0.1, 0.15) is 11.4 Å². The van der Waals surface area contributed by atoms with Gasteiger partial charge in [0.1, 0.15) is 18.1 Å². The first kappa shape index (κ1) is 23.7. The average Bonchev–Trinajstić information content (AvgIpc) is 3.10. The lowest BCUT2D eigenvalue weighted by atomic mass is 10.2. The van der Waals surface area contributed by atoms with E-state index in [4.69, 9.17) is 21.1 Å². The van der Waals surface area contributed by atoms with Crippen molar-refractivity contribution in [2.24, 2.45) is 7.05 Å². The molecule has 12 heteroatoms. The Morgan fingerprint density at radius 2 is 2.00 bits per heavy atom. The van der Waals surface area contributed by atoms with Gasteiger partial charge in [-0.3, -0.25) is 4.79 Å². The molecule has 0 aliphatic heterocycles. The number of anilines is 1. The first-order chi connectivity index (χ1) is 15.2. The topological polar surface area (TPSA) is 78.3 Å². The van der Waals surface area contributed by atoms with E-state index in [2.05, 4.69) is 15.5 Å². The molecule has 0 aliphatic rings. The Morgan fingerprint density at radius 3 is 2.72 bits per heavy atom. The van der Waals surface area contributed by atoms with Gasteiger partial charge in [0.25, 0.3) is 0 Å². The predicted octanol–water partition coefficient (Wildman–Crippen LogP) is 4.81. The molecule has 0 fully saturated rings. The molecule has 2 aromatic carbocycles. The van der Waals surface area contributed by atoms with Gasteiger partial charge >= 0.3 is 6.18 Å². The summed E-state index contributed by atoms with van der Waals surface area (Å²) in [5.74, 6) is 0.658. The van der Waals surface area contributed by atoms with Gasteiger partial charge in [-0.2, -0.15) is 13.2 Å². The lowest BCUT2D eigenvalue weighted by Crippen LogP contribution is -2.15. The molecular formula is C20H18ClF3N4O3S. The number of hydrogen-bond donors (Lipinski definition) is 1. The van der Waals surface area contributed by atoms with Crippen LogP contribution in [0.25, 0.3) is 0 Å². The third kappa shape index (κ3) is 6.07. The average molecular weight is 487 g/mol. The molecule has 0 radical (unpaired) electrons. The van der Waals surface area contributed by atoms with E-state index in [1.54, 1.807) is 29.8 Å². The molecule has 0 unspecified atom stereocenters. The van der Waals surface area contributed by atoms with Gasteiger partial charge in [-0.05, 0) is 36.4 Å². The lowest BCUT2D eigenvalue weighted by Gasteiger charge is -2.11. The van der Waals surface area contributed by atoms with Crippen LogP contribution in [-0.2, 0) is 24.6 Å². The fraction of sp³-hybridized carbons (Fsp3) is 0.250. The molecule has 1 heterocycles. The van der Waals surface area contributed by atoms with Gasteiger partial charge in [0.2, 0.25) is 5.91 Å². The van der Waals surface area contributed by atoms with Crippen LogP contribution in [0.3, 0.4) is 0 Å². The van der Waals surface area contributed by atoms with Crippen molar-refractivity contribution in [2.75, 3.05) is 18.2 Å². The van der Waals surface area contributed by atoms with E-state index in [0.717, 1.165) is 23.9 Å². The summed E-state index contributed by atoms with van der Waals surface area (Å²) in [6.45, 7) is -0.0860. The van der Waals surface area contributed by atoms with Gasteiger partial charge in [-0.25, -0.2) is 0 Å². The van der Waals surface area contributed by atoms with Crippen molar-refractivity contribution in [3.8, 4) is 11.5 Å². The van der Waals surface area contributed by atoms with Crippen molar-refractivity contribution in [3.63, 3.8) is 0 Å². The number of nitrogens with one attached hydrogen (secondary N) is 1. The molecule has 32 heavy (non-hydrogen) atoms. The SMILES string of the molecule is COc1ccc(Cl)cc1NC(=O)CSc1nnc(COc2cccc(C(F)(F)F)c2)n1C. The molecule has 3 rings (SSSR count). The number of aromatic nitrogens is 3. The van der Waals surface area contributed by atoms with E-state index in [-0.39, 0.29) is 24.0 Å². The van der Waals surface area contributed by atoms with Crippen LogP contribution < -0.4 is 14.8 Å². The zero-order chi connectivity index (χ0) is 23.3. The van der Waals surface area contributed by atoms with Gasteiger partial charge in [-0.1, -0.05) is 29.4 Å². The van der Waals surface area contributed by atoms with Crippen molar-refractivity contribution in [3.05, 3.63) is 58.9 Å². The minimum atomic E-state index is -4.45. The number of halogens is 4. The van der Waals surface area contributed by atoms with Crippen molar-refractivity contribution in [2.45, 2.75) is 17.9 Å². The summed E-state index contributed by atoms with van der Waals surface area (Å²) in [6, 6.07) is 9.44. The number of benzene rings is 2. The lowest BCUT2D eigenvalue weighted by molar-refractivity contribution is -0.137. The molecular weight excluding hydrogens is 469 g/mol. The largest absolute Gasteiger partial charge is 0.495 e. The van der Waals surface area contributed by atoms with Gasteiger partial charge in [-0.15, -0.1) is 10.2 Å². The number of carbonyl (C=O) groups excluding carboxylic acids is 1. The van der Waals surface area contributed by atoms with Crippen molar-refractivity contribution < 1.29 is 27.4 Å². The predicted molar refractivity (Wildman–Crippen MR) is 114 cm³/mol. The highest BCUT2D eigenvalue weighted by Crippen LogP contribution is 2.31. The van der Waals surface area contributed by atoms with Crippen LogP contribution in [-0.4, -0.2) is 33.5 Å². The number of ether oxygens (including phenoxy) is 2. The summed E-state index contributed by atoms with van der Waals surface area (Å²) in [4.78, 5) is 12.3. The van der Waals surface area contributed by atoms with E-state index in [0.29, 0.717) is 27.4 Å². The number of amides is 1. The Labute approximate surface area is 190 Å². The van der Waals surface area contributed by atoms with Crippen molar-refractivity contribution in [1.82, 2.24) is 14.8 Å². The van der Waals surface area contributed by atoms with Crippen LogP contribution in [0.5, 0.6) is 11.5 Å². The molecule has 1 N–H and O–H groups in total. The highest BCUT2D eigenvalue weighted by atomic mass is 35.5. The minimum Gasteiger partial charge on any atom is -0.495 e. The summed E-state index contributed by atoms with van der Waals surface area (Å²) in [6.07, 6.45) is -4.45. The Kier molecular flexibility index (Phi) is 7.52. The third-order valence-corrected chi connectivity index (χ3v) is 5.48. The molecule has 0 spiro atoms. The van der Waals surface area contributed by atoms with E-state index >= 15 is 0 Å². The van der Waals surface area contributed by atoms with E-state index in [1.165, 1.54) is 19.2 Å². The molecule has 170 valence electrons.